The largest absolute Gasteiger partial charge is 0.461 e. The molecule has 0 aliphatic heterocycles. The van der Waals surface area contributed by atoms with Crippen LogP contribution in [-0.2, 0) is 4.74 Å². The molecule has 0 N–H and O–H groups in total. The minimum absolute atomic E-state index is 0.0266. The number of nitrogens with zero attached hydrogens (tertiary/aromatic N) is 1. The topological polar surface area (TPSA) is 61.6 Å². The quantitative estimate of drug-likeness (QED) is 0.698. The maximum Gasteiger partial charge on any atom is 0.394 e. The zero-order valence-electron chi connectivity index (χ0n) is 9.86. The number of hydrogen-bond acceptors (Lipinski definition) is 5. The number of esters is 1. The van der Waals surface area contributed by atoms with Gasteiger partial charge in [0.2, 0.25) is 0 Å². The molecule has 0 fully saturated rings. The van der Waals surface area contributed by atoms with Crippen LogP contribution in [0.2, 0.25) is 0 Å². The lowest BCUT2D eigenvalue weighted by Crippen LogP contribution is -2.11. The molecule has 0 saturated heterocycles. The van der Waals surface area contributed by atoms with E-state index in [-0.39, 0.29) is 17.9 Å². The van der Waals surface area contributed by atoms with Gasteiger partial charge in [0.25, 0.3) is 0 Å². The summed E-state index contributed by atoms with van der Waals surface area (Å²) in [4.78, 5) is 15.2. The van der Waals surface area contributed by atoms with E-state index < -0.39 is 5.97 Å². The number of hydrogen-bond donors (Lipinski definition) is 0. The van der Waals surface area contributed by atoms with Gasteiger partial charge in [0.1, 0.15) is 12.4 Å². The molecule has 0 aliphatic carbocycles. The average Bonchev–Trinajstić information content (AvgIpc) is 2.67. The lowest BCUT2D eigenvalue weighted by atomic mass is 10.2. The average molecular weight is 227 g/mol. The normalized spacial score (nSPS) is 12.2. The molecular formula is C11H17NO4. The van der Waals surface area contributed by atoms with Crippen LogP contribution < -0.4 is 4.74 Å². The molecule has 1 unspecified atom stereocenters. The van der Waals surface area contributed by atoms with Gasteiger partial charge in [-0.25, -0.2) is 4.79 Å². The van der Waals surface area contributed by atoms with Crippen LogP contribution >= 0.6 is 0 Å². The molecule has 1 rings (SSSR count). The highest BCUT2D eigenvalue weighted by Crippen LogP contribution is 2.14. The Labute approximate surface area is 94.8 Å². The van der Waals surface area contributed by atoms with Crippen LogP contribution in [0, 0.1) is 0 Å². The molecule has 0 bridgehead atoms. The third kappa shape index (κ3) is 3.56. The summed E-state index contributed by atoms with van der Waals surface area (Å²) in [6.45, 7) is 6.05. The Kier molecular flexibility index (Phi) is 4.82. The fourth-order valence-corrected chi connectivity index (χ4v) is 1.25. The molecule has 1 atom stereocenters. The van der Waals surface area contributed by atoms with Crippen molar-refractivity contribution in [3.05, 3.63) is 12.0 Å². The van der Waals surface area contributed by atoms with Crippen molar-refractivity contribution in [1.82, 2.24) is 4.98 Å². The maximum absolute atomic E-state index is 11.3. The first-order valence-electron chi connectivity index (χ1n) is 5.46. The fraction of sp³-hybridized carbons (Fsp3) is 0.636. The van der Waals surface area contributed by atoms with Gasteiger partial charge in [0, 0.05) is 0 Å². The highest BCUT2D eigenvalue weighted by atomic mass is 16.6. The number of carbonyl (C=O) groups excluding carboxylic acids is 1. The molecule has 0 aliphatic rings. The van der Waals surface area contributed by atoms with Gasteiger partial charge in [-0.3, -0.25) is 0 Å². The van der Waals surface area contributed by atoms with Crippen LogP contribution in [0.1, 0.15) is 44.1 Å². The third-order valence-electron chi connectivity index (χ3n) is 1.96. The lowest BCUT2D eigenvalue weighted by Gasteiger charge is -2.08. The molecule has 0 radical (unpaired) electrons. The van der Waals surface area contributed by atoms with E-state index in [0.29, 0.717) is 6.61 Å². The maximum atomic E-state index is 11.3. The van der Waals surface area contributed by atoms with E-state index in [1.54, 1.807) is 6.92 Å². The molecule has 0 saturated carbocycles. The van der Waals surface area contributed by atoms with Crippen LogP contribution in [0.25, 0.3) is 0 Å². The zero-order chi connectivity index (χ0) is 12.0. The second-order valence-corrected chi connectivity index (χ2v) is 3.44. The van der Waals surface area contributed by atoms with Gasteiger partial charge in [-0.15, -0.1) is 0 Å². The van der Waals surface area contributed by atoms with E-state index >= 15 is 0 Å². The molecule has 5 nitrogen and oxygen atoms in total. The second kappa shape index (κ2) is 6.15. The summed E-state index contributed by atoms with van der Waals surface area (Å²) in [5.74, 6) is -0.496. The minimum atomic E-state index is -0.496. The number of ether oxygens (including phenoxy) is 2. The standard InChI is InChI=1S/C11H17NO4/c1-4-6-8(3)16-11-12-9(7-15-11)10(13)14-5-2/h7-8H,4-6H2,1-3H3. The van der Waals surface area contributed by atoms with Gasteiger partial charge in [-0.1, -0.05) is 13.3 Å². The monoisotopic (exact) mass is 227 g/mol. The van der Waals surface area contributed by atoms with Crippen LogP contribution in [-0.4, -0.2) is 23.7 Å². The number of aromatic nitrogens is 1. The van der Waals surface area contributed by atoms with Crippen molar-refractivity contribution in [3.63, 3.8) is 0 Å². The Morgan fingerprint density at radius 1 is 1.56 bits per heavy atom. The van der Waals surface area contributed by atoms with Crippen molar-refractivity contribution in [2.45, 2.75) is 39.7 Å². The van der Waals surface area contributed by atoms with E-state index in [1.807, 2.05) is 6.92 Å². The lowest BCUT2D eigenvalue weighted by molar-refractivity contribution is 0.0518. The van der Waals surface area contributed by atoms with Gasteiger partial charge < -0.3 is 13.9 Å². The van der Waals surface area contributed by atoms with Crippen LogP contribution in [0.4, 0.5) is 0 Å². The third-order valence-corrected chi connectivity index (χ3v) is 1.96. The smallest absolute Gasteiger partial charge is 0.394 e. The Hall–Kier alpha value is -1.52. The van der Waals surface area contributed by atoms with Crippen molar-refractivity contribution < 1.29 is 18.7 Å². The number of rotatable bonds is 6. The van der Waals surface area contributed by atoms with Crippen molar-refractivity contribution in [2.75, 3.05) is 6.61 Å². The van der Waals surface area contributed by atoms with Crippen molar-refractivity contribution in [1.29, 1.82) is 0 Å². The highest BCUT2D eigenvalue weighted by molar-refractivity contribution is 5.86. The van der Waals surface area contributed by atoms with E-state index in [1.165, 1.54) is 6.26 Å². The van der Waals surface area contributed by atoms with Gasteiger partial charge in [-0.2, -0.15) is 4.98 Å². The summed E-state index contributed by atoms with van der Waals surface area (Å²) in [7, 11) is 0. The molecular weight excluding hydrogens is 210 g/mol. The first kappa shape index (κ1) is 12.5. The predicted octanol–water partition coefficient (Wildman–Crippen LogP) is 2.42. The summed E-state index contributed by atoms with van der Waals surface area (Å²) < 4.78 is 15.2. The summed E-state index contributed by atoms with van der Waals surface area (Å²) in [5.41, 5.74) is 0.139. The van der Waals surface area contributed by atoms with Gasteiger partial charge >= 0.3 is 12.0 Å². The molecule has 1 aromatic rings. The van der Waals surface area contributed by atoms with E-state index in [9.17, 15) is 4.79 Å². The molecule has 1 heterocycles. The van der Waals surface area contributed by atoms with E-state index in [0.717, 1.165) is 12.8 Å². The van der Waals surface area contributed by atoms with Gasteiger partial charge in [0.15, 0.2) is 5.69 Å². The van der Waals surface area contributed by atoms with E-state index in [4.69, 9.17) is 13.9 Å². The summed E-state index contributed by atoms with van der Waals surface area (Å²) >= 11 is 0. The molecule has 5 heteroatoms. The predicted molar refractivity (Wildman–Crippen MR) is 57.5 cm³/mol. The molecule has 90 valence electrons. The summed E-state index contributed by atoms with van der Waals surface area (Å²) in [6, 6.07) is 0. The fourth-order valence-electron chi connectivity index (χ4n) is 1.25. The molecule has 16 heavy (non-hydrogen) atoms. The molecule has 0 amide bonds. The zero-order valence-corrected chi connectivity index (χ0v) is 9.86. The van der Waals surface area contributed by atoms with Crippen LogP contribution in [0.5, 0.6) is 6.08 Å². The van der Waals surface area contributed by atoms with Crippen LogP contribution in [0.15, 0.2) is 10.7 Å². The first-order chi connectivity index (χ1) is 7.67. The number of oxazole rings is 1. The highest BCUT2D eigenvalue weighted by Gasteiger charge is 2.15. The number of carbonyl (C=O) groups is 1. The molecule has 0 aromatic carbocycles. The summed E-state index contributed by atoms with van der Waals surface area (Å²) in [6.07, 6.45) is 3.32. The Balaban J connectivity index is 2.54. The van der Waals surface area contributed by atoms with Crippen LogP contribution in [0.3, 0.4) is 0 Å². The SMILES string of the molecule is CCCC(C)Oc1nc(C(=O)OCC)co1. The van der Waals surface area contributed by atoms with Gasteiger partial charge in [0.05, 0.1) is 6.61 Å². The first-order valence-corrected chi connectivity index (χ1v) is 5.46. The van der Waals surface area contributed by atoms with Gasteiger partial charge in [-0.05, 0) is 20.3 Å². The van der Waals surface area contributed by atoms with E-state index in [2.05, 4.69) is 11.9 Å². The second-order valence-electron chi connectivity index (χ2n) is 3.44. The Morgan fingerprint density at radius 2 is 2.31 bits per heavy atom. The Bertz CT molecular complexity index is 334. The minimum Gasteiger partial charge on any atom is -0.461 e. The van der Waals surface area contributed by atoms with Crippen molar-refractivity contribution >= 4 is 5.97 Å². The summed E-state index contributed by atoms with van der Waals surface area (Å²) in [5, 5.41) is 0. The van der Waals surface area contributed by atoms with Crippen molar-refractivity contribution in [2.24, 2.45) is 0 Å². The Morgan fingerprint density at radius 3 is 2.94 bits per heavy atom. The molecule has 1 aromatic heterocycles. The van der Waals surface area contributed by atoms with Crippen molar-refractivity contribution in [3.8, 4) is 6.08 Å². The molecule has 0 spiro atoms.